The number of ether oxygens (including phenoxy) is 1. The highest BCUT2D eigenvalue weighted by Gasteiger charge is 2.46. The van der Waals surface area contributed by atoms with Crippen LogP contribution in [0.1, 0.15) is 49.0 Å². The first-order valence-electron chi connectivity index (χ1n) is 10.4. The van der Waals surface area contributed by atoms with E-state index in [0.717, 1.165) is 76.2 Å². The van der Waals surface area contributed by atoms with Crippen molar-refractivity contribution in [3.8, 4) is 0 Å². The van der Waals surface area contributed by atoms with Crippen LogP contribution in [-0.2, 0) is 11.2 Å². The number of hydrogen-bond donors (Lipinski definition) is 1. The standard InChI is InChI=1S/C22H34N2O3/c1-3-18-8-5-6-9-19(18)21(26)24-12-7-11-22(17-24)16-23(13-10-20(22)25)14-15-27-4-2/h5-6,8-9,20,25H,3-4,7,10-17H2,1-2H3/t20-,22-/m1/s1. The zero-order valence-electron chi connectivity index (χ0n) is 16.8. The Bertz CT molecular complexity index is 636. The van der Waals surface area contributed by atoms with E-state index in [1.54, 1.807) is 0 Å². The number of carbonyl (C=O) groups is 1. The lowest BCUT2D eigenvalue weighted by Gasteiger charge is -2.51. The molecule has 2 fully saturated rings. The molecule has 1 aromatic rings. The maximum atomic E-state index is 13.2. The van der Waals surface area contributed by atoms with Gasteiger partial charge >= 0.3 is 0 Å². The molecule has 2 heterocycles. The SMILES string of the molecule is CCOCCN1CC[C@@H](O)[C@]2(CCCN(C(=O)c3ccccc3CC)C2)C1. The fourth-order valence-electron chi connectivity index (χ4n) is 4.71. The average Bonchev–Trinajstić information content (AvgIpc) is 2.70. The van der Waals surface area contributed by atoms with Gasteiger partial charge in [-0.05, 0) is 44.2 Å². The molecule has 2 atom stereocenters. The molecule has 0 aliphatic carbocycles. The molecule has 0 saturated carbocycles. The Balaban J connectivity index is 1.72. The quantitative estimate of drug-likeness (QED) is 0.778. The van der Waals surface area contributed by atoms with Crippen molar-refractivity contribution >= 4 is 5.91 Å². The van der Waals surface area contributed by atoms with Crippen LogP contribution in [0.3, 0.4) is 0 Å². The van der Waals surface area contributed by atoms with Crippen LogP contribution >= 0.6 is 0 Å². The van der Waals surface area contributed by atoms with Gasteiger partial charge in [0.2, 0.25) is 0 Å². The Morgan fingerprint density at radius 1 is 1.26 bits per heavy atom. The Morgan fingerprint density at radius 2 is 2.07 bits per heavy atom. The molecule has 2 aliphatic heterocycles. The van der Waals surface area contributed by atoms with E-state index >= 15 is 0 Å². The maximum Gasteiger partial charge on any atom is 0.254 e. The first kappa shape index (κ1) is 20.3. The first-order valence-corrected chi connectivity index (χ1v) is 10.4. The van der Waals surface area contributed by atoms with Crippen LogP contribution in [0.15, 0.2) is 24.3 Å². The van der Waals surface area contributed by atoms with Crippen LogP contribution in [-0.4, -0.2) is 72.9 Å². The minimum absolute atomic E-state index is 0.116. The number of carbonyl (C=O) groups excluding carboxylic acids is 1. The number of amides is 1. The molecular formula is C22H34N2O3. The van der Waals surface area contributed by atoms with Gasteiger partial charge in [-0.2, -0.15) is 0 Å². The number of aliphatic hydroxyl groups is 1. The molecule has 1 spiro atoms. The third kappa shape index (κ3) is 4.53. The highest BCUT2D eigenvalue weighted by atomic mass is 16.5. The number of likely N-dealkylation sites (tertiary alicyclic amines) is 2. The van der Waals surface area contributed by atoms with Crippen molar-refractivity contribution in [1.29, 1.82) is 0 Å². The van der Waals surface area contributed by atoms with Crippen LogP contribution < -0.4 is 0 Å². The second kappa shape index (κ2) is 9.18. The summed E-state index contributed by atoms with van der Waals surface area (Å²) in [6, 6.07) is 7.91. The lowest BCUT2D eigenvalue weighted by molar-refractivity contribution is -0.0820. The number of hydrogen-bond acceptors (Lipinski definition) is 4. The Morgan fingerprint density at radius 3 is 2.85 bits per heavy atom. The maximum absolute atomic E-state index is 13.2. The Labute approximate surface area is 163 Å². The van der Waals surface area contributed by atoms with E-state index in [1.807, 2.05) is 36.1 Å². The zero-order valence-corrected chi connectivity index (χ0v) is 16.8. The third-order valence-electron chi connectivity index (χ3n) is 6.24. The highest BCUT2D eigenvalue weighted by Crippen LogP contribution is 2.39. The molecule has 5 nitrogen and oxygen atoms in total. The van der Waals surface area contributed by atoms with E-state index in [1.165, 1.54) is 0 Å². The molecular weight excluding hydrogens is 340 g/mol. The summed E-state index contributed by atoms with van der Waals surface area (Å²) in [4.78, 5) is 17.6. The van der Waals surface area contributed by atoms with Crippen molar-refractivity contribution in [3.63, 3.8) is 0 Å². The molecule has 2 aliphatic rings. The Hall–Kier alpha value is -1.43. The van der Waals surface area contributed by atoms with Gasteiger partial charge in [0.25, 0.3) is 5.91 Å². The monoisotopic (exact) mass is 374 g/mol. The minimum Gasteiger partial charge on any atom is -0.392 e. The van der Waals surface area contributed by atoms with Crippen molar-refractivity contribution in [1.82, 2.24) is 9.80 Å². The van der Waals surface area contributed by atoms with Crippen LogP contribution in [0.2, 0.25) is 0 Å². The molecule has 3 rings (SSSR count). The number of rotatable bonds is 6. The van der Waals surface area contributed by atoms with Crippen molar-refractivity contribution < 1.29 is 14.6 Å². The lowest BCUT2D eigenvalue weighted by atomic mass is 9.71. The fourth-order valence-corrected chi connectivity index (χ4v) is 4.71. The van der Waals surface area contributed by atoms with Crippen molar-refractivity contribution in [3.05, 3.63) is 35.4 Å². The summed E-state index contributed by atoms with van der Waals surface area (Å²) in [5.74, 6) is 0.116. The van der Waals surface area contributed by atoms with E-state index in [4.69, 9.17) is 4.74 Å². The van der Waals surface area contributed by atoms with Gasteiger partial charge in [0.1, 0.15) is 0 Å². The average molecular weight is 375 g/mol. The van der Waals surface area contributed by atoms with Crippen LogP contribution in [0.4, 0.5) is 0 Å². The van der Waals surface area contributed by atoms with Crippen LogP contribution in [0.5, 0.6) is 0 Å². The highest BCUT2D eigenvalue weighted by molar-refractivity contribution is 5.95. The Kier molecular flexibility index (Phi) is 6.90. The van der Waals surface area contributed by atoms with Crippen molar-refractivity contribution in [2.24, 2.45) is 5.41 Å². The van der Waals surface area contributed by atoms with Gasteiger partial charge in [-0.3, -0.25) is 4.79 Å². The lowest BCUT2D eigenvalue weighted by Crippen LogP contribution is -2.60. The second-order valence-corrected chi connectivity index (χ2v) is 7.98. The summed E-state index contributed by atoms with van der Waals surface area (Å²) in [7, 11) is 0. The summed E-state index contributed by atoms with van der Waals surface area (Å²) < 4.78 is 5.51. The molecule has 2 saturated heterocycles. The topological polar surface area (TPSA) is 53.0 Å². The summed E-state index contributed by atoms with van der Waals surface area (Å²) >= 11 is 0. The summed E-state index contributed by atoms with van der Waals surface area (Å²) in [6.45, 7) is 9.65. The van der Waals surface area contributed by atoms with Gasteiger partial charge in [0, 0.05) is 50.3 Å². The number of nitrogens with zero attached hydrogens (tertiary/aromatic N) is 2. The van der Waals surface area contributed by atoms with E-state index in [-0.39, 0.29) is 17.4 Å². The number of aryl methyl sites for hydroxylation is 1. The van der Waals surface area contributed by atoms with Crippen LogP contribution in [0.25, 0.3) is 0 Å². The van der Waals surface area contributed by atoms with Gasteiger partial charge in [-0.25, -0.2) is 0 Å². The smallest absolute Gasteiger partial charge is 0.254 e. The van der Waals surface area contributed by atoms with Crippen LogP contribution in [0, 0.1) is 5.41 Å². The first-order chi connectivity index (χ1) is 13.1. The van der Waals surface area contributed by atoms with Gasteiger partial charge in [-0.15, -0.1) is 0 Å². The van der Waals surface area contributed by atoms with Gasteiger partial charge in [0.05, 0.1) is 12.7 Å². The summed E-state index contributed by atoms with van der Waals surface area (Å²) in [5, 5.41) is 10.8. The molecule has 1 N–H and O–H groups in total. The van der Waals surface area contributed by atoms with E-state index in [0.29, 0.717) is 6.54 Å². The van der Waals surface area contributed by atoms with Crippen molar-refractivity contribution in [2.75, 3.05) is 45.9 Å². The molecule has 5 heteroatoms. The van der Waals surface area contributed by atoms with E-state index < -0.39 is 0 Å². The number of piperidine rings is 2. The predicted octanol–water partition coefficient (Wildman–Crippen LogP) is 2.57. The largest absolute Gasteiger partial charge is 0.392 e. The number of benzene rings is 1. The second-order valence-electron chi connectivity index (χ2n) is 7.98. The van der Waals surface area contributed by atoms with Gasteiger partial charge in [0.15, 0.2) is 0 Å². The molecule has 0 aromatic heterocycles. The molecule has 150 valence electrons. The predicted molar refractivity (Wildman–Crippen MR) is 107 cm³/mol. The minimum atomic E-state index is -0.335. The molecule has 27 heavy (non-hydrogen) atoms. The van der Waals surface area contributed by atoms with Gasteiger partial charge in [-0.1, -0.05) is 25.1 Å². The molecule has 0 radical (unpaired) electrons. The summed E-state index contributed by atoms with van der Waals surface area (Å²) in [6.07, 6.45) is 3.24. The molecule has 0 unspecified atom stereocenters. The van der Waals surface area contributed by atoms with Gasteiger partial charge < -0.3 is 19.6 Å². The summed E-state index contributed by atoms with van der Waals surface area (Å²) in [5.41, 5.74) is 1.71. The van der Waals surface area contributed by atoms with E-state index in [2.05, 4.69) is 11.8 Å². The normalized spacial score (nSPS) is 26.5. The zero-order chi connectivity index (χ0) is 19.3. The van der Waals surface area contributed by atoms with Crippen molar-refractivity contribution in [2.45, 2.75) is 45.6 Å². The molecule has 0 bridgehead atoms. The molecule has 1 aromatic carbocycles. The third-order valence-corrected chi connectivity index (χ3v) is 6.24. The fraction of sp³-hybridized carbons (Fsp3) is 0.682. The number of aliphatic hydroxyl groups excluding tert-OH is 1. The van der Waals surface area contributed by atoms with E-state index in [9.17, 15) is 9.90 Å². The molecule has 1 amide bonds.